The number of hydrogen-bond acceptors (Lipinski definition) is 18. The van der Waals surface area contributed by atoms with Gasteiger partial charge < -0.3 is 85.9 Å². The molecule has 12 amide bonds. The molecule has 3 rings (SSSR count). The minimum Gasteiger partial charge on any atom is -0.508 e. The van der Waals surface area contributed by atoms with Gasteiger partial charge in [-0.1, -0.05) is 42.5 Å². The third-order valence-electron chi connectivity index (χ3n) is 12.4. The van der Waals surface area contributed by atoms with Gasteiger partial charge in [0.15, 0.2) is 0 Å². The molecule has 0 spiro atoms. The minimum absolute atomic E-state index is 0.125. The average Bonchev–Trinajstić information content (AvgIpc) is 4.00. The Kier molecular flexibility index (Phi) is 28.9. The number of nitrogens with one attached hydrogen (secondary N) is 9. The topological polar surface area (TPSA) is 478 Å². The Balaban J connectivity index is 1.89. The molecule has 81 heavy (non-hydrogen) atoms. The Bertz CT molecular complexity index is 2550. The molecule has 19 N–H and O–H groups in total. The van der Waals surface area contributed by atoms with Crippen molar-refractivity contribution in [2.45, 2.75) is 113 Å². The zero-order chi connectivity index (χ0) is 60.2. The molecule has 29 nitrogen and oxygen atoms in total. The molecule has 1 aliphatic heterocycles. The highest BCUT2D eigenvalue weighted by atomic mass is 32.1. The van der Waals surface area contributed by atoms with Crippen LogP contribution in [0.1, 0.15) is 62.5 Å². The number of nitrogens with two attached hydrogens (primary N) is 4. The van der Waals surface area contributed by atoms with Gasteiger partial charge in [-0.15, -0.1) is 0 Å². The zero-order valence-corrected chi connectivity index (χ0v) is 46.0. The SMILES string of the molecule is NCCCC[C@H](NC(=O)CN)C(=O)N1CCC[C@H]1C(=O)N[C@@H](CS)C(=O)N[C@@H](CC(N)=O)C(=O)N[C@@H](CCC(N)=O)C(=O)N[C@@H](Cc1ccccc1)C(=O)N[C@@H](Cc1ccc(O)cc1)C(=O)N[C@@H](CS)C(=O)NCC(=O)NCC(=O)O. The van der Waals surface area contributed by atoms with Crippen LogP contribution in [-0.4, -0.2) is 185 Å². The maximum absolute atomic E-state index is 14.4. The van der Waals surface area contributed by atoms with E-state index in [1.54, 1.807) is 30.3 Å². The number of unbranched alkanes of at least 4 members (excludes halogenated alkanes) is 1. The average molecular weight is 1170 g/mol. The van der Waals surface area contributed by atoms with E-state index in [-0.39, 0.29) is 56.0 Å². The van der Waals surface area contributed by atoms with Crippen LogP contribution in [0.15, 0.2) is 54.6 Å². The van der Waals surface area contributed by atoms with E-state index in [0.717, 1.165) is 0 Å². The number of carboxylic acid groups (broad SMARTS) is 1. The fourth-order valence-corrected chi connectivity index (χ4v) is 8.67. The number of aliphatic carboxylic acids is 1. The highest BCUT2D eigenvalue weighted by Gasteiger charge is 2.40. The third kappa shape index (κ3) is 23.7. The molecule has 1 aliphatic rings. The number of likely N-dealkylation sites (tertiary alicyclic amines) is 1. The predicted octanol–water partition coefficient (Wildman–Crippen LogP) is -6.03. The van der Waals surface area contributed by atoms with Gasteiger partial charge in [0.05, 0.1) is 19.5 Å². The van der Waals surface area contributed by atoms with Gasteiger partial charge in [-0.05, 0) is 68.3 Å². The van der Waals surface area contributed by atoms with Gasteiger partial charge in [-0.3, -0.25) is 62.3 Å². The van der Waals surface area contributed by atoms with E-state index in [9.17, 15) is 67.4 Å². The highest BCUT2D eigenvalue weighted by molar-refractivity contribution is 7.80. The van der Waals surface area contributed by atoms with Gasteiger partial charge in [0.1, 0.15) is 60.6 Å². The summed E-state index contributed by atoms with van der Waals surface area (Å²) in [4.78, 5) is 172. The number of hydrogen-bond donors (Lipinski definition) is 17. The van der Waals surface area contributed by atoms with Crippen LogP contribution in [0.3, 0.4) is 0 Å². The van der Waals surface area contributed by atoms with E-state index in [1.807, 2.05) is 0 Å². The Morgan fingerprint density at radius 1 is 0.568 bits per heavy atom. The van der Waals surface area contributed by atoms with E-state index in [4.69, 9.17) is 28.0 Å². The number of phenols is 1. The summed E-state index contributed by atoms with van der Waals surface area (Å²) in [6.45, 7) is -1.29. The number of amides is 12. The first-order chi connectivity index (χ1) is 38.5. The molecule has 444 valence electrons. The van der Waals surface area contributed by atoms with Crippen molar-refractivity contribution in [3.05, 3.63) is 65.7 Å². The number of rotatable bonds is 35. The molecule has 0 aliphatic carbocycles. The fraction of sp³-hybridized carbons (Fsp3) is 0.500. The maximum Gasteiger partial charge on any atom is 0.322 e. The first-order valence-electron chi connectivity index (χ1n) is 25.7. The summed E-state index contributed by atoms with van der Waals surface area (Å²) in [5, 5.41) is 40.4. The van der Waals surface area contributed by atoms with Crippen LogP contribution in [0.4, 0.5) is 0 Å². The van der Waals surface area contributed by atoms with Crippen molar-refractivity contribution in [3.63, 3.8) is 0 Å². The normalized spacial score (nSPS) is 15.3. The summed E-state index contributed by atoms with van der Waals surface area (Å²) in [5.41, 5.74) is 22.9. The number of carboxylic acids is 1. The van der Waals surface area contributed by atoms with Crippen LogP contribution in [0, 0.1) is 0 Å². The quantitative estimate of drug-likeness (QED) is 0.0226. The molecule has 0 saturated carbocycles. The van der Waals surface area contributed by atoms with Crippen LogP contribution in [0.25, 0.3) is 0 Å². The second-order valence-corrected chi connectivity index (χ2v) is 19.4. The van der Waals surface area contributed by atoms with E-state index < -0.39 is 158 Å². The number of carbonyl (C=O) groups is 13. The second kappa shape index (κ2) is 34.9. The first-order valence-corrected chi connectivity index (χ1v) is 27.0. The van der Waals surface area contributed by atoms with Crippen molar-refractivity contribution in [1.82, 2.24) is 52.8 Å². The molecule has 1 heterocycles. The zero-order valence-electron chi connectivity index (χ0n) is 44.2. The molecule has 1 saturated heterocycles. The van der Waals surface area contributed by atoms with Crippen molar-refractivity contribution in [1.29, 1.82) is 0 Å². The lowest BCUT2D eigenvalue weighted by atomic mass is 10.0. The largest absolute Gasteiger partial charge is 0.508 e. The molecular formula is C50H72N14O15S2. The summed E-state index contributed by atoms with van der Waals surface area (Å²) in [6, 6.07) is 2.04. The van der Waals surface area contributed by atoms with Crippen LogP contribution in [0.5, 0.6) is 5.75 Å². The number of thiol groups is 2. The van der Waals surface area contributed by atoms with Crippen molar-refractivity contribution in [2.24, 2.45) is 22.9 Å². The summed E-state index contributed by atoms with van der Waals surface area (Å²) in [7, 11) is 0. The van der Waals surface area contributed by atoms with Crippen LogP contribution >= 0.6 is 25.3 Å². The predicted molar refractivity (Wildman–Crippen MR) is 296 cm³/mol. The summed E-state index contributed by atoms with van der Waals surface area (Å²) >= 11 is 8.35. The van der Waals surface area contributed by atoms with E-state index >= 15 is 0 Å². The van der Waals surface area contributed by atoms with Crippen molar-refractivity contribution in [3.8, 4) is 5.75 Å². The fourth-order valence-electron chi connectivity index (χ4n) is 8.15. The van der Waals surface area contributed by atoms with Crippen LogP contribution in [-0.2, 0) is 75.2 Å². The molecule has 2 aromatic rings. The third-order valence-corrected chi connectivity index (χ3v) is 13.1. The monoisotopic (exact) mass is 1170 g/mol. The minimum atomic E-state index is -1.83. The molecule has 0 unspecified atom stereocenters. The molecule has 1 fully saturated rings. The lowest BCUT2D eigenvalue weighted by Crippen LogP contribution is -2.61. The van der Waals surface area contributed by atoms with Crippen molar-refractivity contribution >= 4 is 102 Å². The maximum atomic E-state index is 14.4. The molecule has 8 atom stereocenters. The number of primary amides is 2. The van der Waals surface area contributed by atoms with Gasteiger partial charge in [-0.25, -0.2) is 0 Å². The van der Waals surface area contributed by atoms with Crippen molar-refractivity contribution < 1.29 is 72.5 Å². The lowest BCUT2D eigenvalue weighted by Gasteiger charge is -2.30. The lowest BCUT2D eigenvalue weighted by molar-refractivity contribution is -0.142. The number of phenolic OH excluding ortho intramolecular Hbond substituents is 1. The molecule has 0 radical (unpaired) electrons. The molecule has 0 bridgehead atoms. The Morgan fingerprint density at radius 2 is 1.10 bits per heavy atom. The highest BCUT2D eigenvalue weighted by Crippen LogP contribution is 2.21. The number of carbonyl (C=O) groups excluding carboxylic acids is 12. The van der Waals surface area contributed by atoms with Crippen molar-refractivity contribution in [2.75, 3.05) is 44.2 Å². The molecule has 31 heteroatoms. The van der Waals surface area contributed by atoms with Gasteiger partial charge >= 0.3 is 5.97 Å². The number of benzene rings is 2. The van der Waals surface area contributed by atoms with Crippen LogP contribution in [0.2, 0.25) is 0 Å². The standard InChI is InChI=1S/C50H72N14O15S2/c51-17-5-4-9-31(57-40(68)22-52)50(79)64-18-6-10-37(64)49(78)63-36(26-81)48(77)61-34(21-39(54)67)47(76)58-30(15-16-38(53)66)44(73)59-32(19-27-7-2-1-3-8-27)45(74)60-33(20-28-11-13-29(65)14-12-28)46(75)62-35(25-80)43(72)56-23-41(69)55-24-42(70)71/h1-3,7-8,11-14,30-37,65,80-81H,4-6,9-10,15-26,51-52H2,(H2,53,66)(H2,54,67)(H,55,69)(H,56,72)(H,57,68)(H,58,76)(H,59,73)(H,60,74)(H,61,77)(H,62,75)(H,63,78)(H,70,71)/t30-,31-,32-,33-,34-,35-,36-,37-/m0/s1. The van der Waals surface area contributed by atoms with E-state index in [0.29, 0.717) is 36.9 Å². The summed E-state index contributed by atoms with van der Waals surface area (Å²) in [5.74, 6) is -13.1. The van der Waals surface area contributed by atoms with Gasteiger partial charge in [0.2, 0.25) is 70.9 Å². The summed E-state index contributed by atoms with van der Waals surface area (Å²) < 4.78 is 0. The number of aromatic hydroxyl groups is 1. The second-order valence-electron chi connectivity index (χ2n) is 18.7. The first kappa shape index (κ1) is 67.2. The van der Waals surface area contributed by atoms with E-state index in [2.05, 4.69) is 73.1 Å². The Labute approximate surface area is 476 Å². The smallest absolute Gasteiger partial charge is 0.322 e. The van der Waals surface area contributed by atoms with Gasteiger partial charge in [-0.2, -0.15) is 25.3 Å². The van der Waals surface area contributed by atoms with E-state index in [1.165, 1.54) is 29.2 Å². The Morgan fingerprint density at radius 3 is 1.65 bits per heavy atom. The summed E-state index contributed by atoms with van der Waals surface area (Å²) in [6.07, 6.45) is -0.567. The molecular weight excluding hydrogens is 1100 g/mol. The number of nitrogens with zero attached hydrogens (tertiary/aromatic N) is 1. The van der Waals surface area contributed by atoms with Gasteiger partial charge in [0, 0.05) is 37.3 Å². The Hall–Kier alpha value is -8.03. The molecule has 2 aromatic carbocycles. The van der Waals surface area contributed by atoms with Gasteiger partial charge in [0.25, 0.3) is 0 Å². The molecule has 0 aromatic heterocycles. The van der Waals surface area contributed by atoms with Crippen LogP contribution < -0.4 is 70.8 Å².